The fourth-order valence-corrected chi connectivity index (χ4v) is 0. The van der Waals surface area contributed by atoms with Gasteiger partial charge in [0.2, 0.25) is 0 Å². The van der Waals surface area contributed by atoms with Crippen molar-refractivity contribution in [2.45, 2.75) is 0 Å². The molecule has 0 unspecified atom stereocenters. The van der Waals surface area contributed by atoms with E-state index >= 15 is 0 Å². The molecule has 0 heterocycles. The van der Waals surface area contributed by atoms with Crippen molar-refractivity contribution < 1.29 is 114 Å². The predicted molar refractivity (Wildman–Crippen MR) is 137 cm³/mol. The van der Waals surface area contributed by atoms with Crippen LogP contribution in [0.2, 0.25) is 0 Å². The van der Waals surface area contributed by atoms with Crippen LogP contribution in [0.1, 0.15) is 0 Å². The van der Waals surface area contributed by atoms with E-state index in [1.165, 1.54) is 0 Å². The fourth-order valence-electron chi connectivity index (χ4n) is 0. The molecule has 192 valence electrons. The molecule has 0 radical (unpaired) electrons. The number of methoxy groups -OCH3 is 1. The first-order chi connectivity index (χ1) is 2.41. The first-order valence-electron chi connectivity index (χ1n) is 0.983. The van der Waals surface area contributed by atoms with Crippen molar-refractivity contribution >= 4 is 0 Å². The van der Waals surface area contributed by atoms with Crippen LogP contribution >= 0.6 is 0 Å². The fraction of sp³-hybridized carbons (Fsp3) is 0.111. The van der Waals surface area contributed by atoms with Crippen molar-refractivity contribution in [1.82, 2.24) is 0 Å². The van der Waals surface area contributed by atoms with Crippen LogP contribution in [0.15, 0.2) is 0 Å². The summed E-state index contributed by atoms with van der Waals surface area (Å²) in [5.41, 5.74) is 0. The maximum absolute atomic E-state index is 7.00. The quantitative estimate of drug-likeness (QED) is 0.308. The SMILES string of the molecule is COC.O.O.O.O.O=O.[CH3-].[CH3-].[CH3-].[CH3-].[CH3-].[CH3-].[CH3-].[CH3-].[CH3-].[CH3-].[CH3-].[CH3-].[CH3-].[CH3-].[CH3-].[CH3-].[Ti+4].[Ti+4].[Ti+4].[Ti+4]. The maximum atomic E-state index is 7.00. The van der Waals surface area contributed by atoms with E-state index in [9.17, 15) is 0 Å². The van der Waals surface area contributed by atoms with Gasteiger partial charge in [-0.25, -0.2) is 0 Å². The Morgan fingerprint density at radius 1 is 0.310 bits per heavy atom. The molecule has 0 bridgehead atoms. The van der Waals surface area contributed by atoms with E-state index in [0.717, 1.165) is 0 Å². The summed E-state index contributed by atoms with van der Waals surface area (Å²) in [6, 6.07) is 0. The van der Waals surface area contributed by atoms with Crippen LogP contribution in [-0.2, 0) is 91.6 Å². The number of ether oxygens (including phenoxy) is 1. The normalized spacial score (nSPS) is 0.759. The molecule has 0 rings (SSSR count). The third kappa shape index (κ3) is 4740. The molecule has 0 aromatic rings. The molecule has 0 amide bonds. The second-order valence-corrected chi connectivity index (χ2v) is 0.408. The van der Waals surface area contributed by atoms with Gasteiger partial charge in [0.25, 0.3) is 0 Å². The molecule has 29 heavy (non-hydrogen) atoms. The monoisotopic (exact) mass is 582 g/mol. The summed E-state index contributed by atoms with van der Waals surface area (Å²) in [7, 11) is 3.25. The largest absolute Gasteiger partial charge is 4.00 e. The van der Waals surface area contributed by atoms with Gasteiger partial charge in [-0.05, 0) is 0 Å². The van der Waals surface area contributed by atoms with Crippen molar-refractivity contribution in [2.24, 2.45) is 0 Å². The van der Waals surface area contributed by atoms with Crippen molar-refractivity contribution in [3.05, 3.63) is 129 Å². The van der Waals surface area contributed by atoms with Crippen LogP contribution in [0, 0.1) is 129 Å². The van der Waals surface area contributed by atoms with E-state index in [2.05, 4.69) is 4.74 Å². The third-order valence-corrected chi connectivity index (χ3v) is 0. The Balaban J connectivity index is -0.000000000142. The molecule has 0 fully saturated rings. The zero-order chi connectivity index (χ0) is 4.71. The third-order valence-electron chi connectivity index (χ3n) is 0. The van der Waals surface area contributed by atoms with E-state index in [4.69, 9.17) is 9.93 Å². The molecular formula is C18H62O7Ti4. The molecule has 0 atom stereocenters. The molecule has 0 aromatic carbocycles. The van der Waals surface area contributed by atoms with Gasteiger partial charge >= 0.3 is 86.9 Å². The first kappa shape index (κ1) is 1040. The van der Waals surface area contributed by atoms with Crippen LogP contribution in [0.5, 0.6) is 0 Å². The van der Waals surface area contributed by atoms with Gasteiger partial charge in [0, 0.05) is 24.1 Å². The minimum Gasteiger partial charge on any atom is -0.412 e. The minimum absolute atomic E-state index is 0. The standard InChI is InChI=1S/C2H6O.16CH3.O2.4H2O.4Ti/c1-3-2;;;;;;;;;;;;;;;;;1-2;;;;;;;;/h1-2H3;16*1H3;;4*1H2;;;;/q;16*-1;;;;;;4*+4. The number of rotatable bonds is 0. The minimum atomic E-state index is 0. The molecule has 7 nitrogen and oxygen atoms in total. The smallest absolute Gasteiger partial charge is 0.412 e. The van der Waals surface area contributed by atoms with Crippen LogP contribution < -0.4 is 0 Å². The van der Waals surface area contributed by atoms with E-state index in [-0.39, 0.29) is 228 Å². The second-order valence-electron chi connectivity index (χ2n) is 0.408. The summed E-state index contributed by atoms with van der Waals surface area (Å²) in [6.45, 7) is 0. The Labute approximate surface area is 254 Å². The van der Waals surface area contributed by atoms with Gasteiger partial charge in [-0.2, -0.15) is 0 Å². The Morgan fingerprint density at radius 3 is 0.310 bits per heavy atom. The molecular weight excluding hydrogens is 520 g/mol. The summed E-state index contributed by atoms with van der Waals surface area (Å²) in [5.74, 6) is 0. The molecule has 8 N–H and O–H groups in total. The zero-order valence-corrected chi connectivity index (χ0v) is 29.5. The topological polar surface area (TPSA) is 169 Å². The average Bonchev–Trinajstić information content (AvgIpc) is 1.46. The van der Waals surface area contributed by atoms with Crippen molar-refractivity contribution in [3.8, 4) is 0 Å². The van der Waals surface area contributed by atoms with E-state index in [0.29, 0.717) is 0 Å². The van der Waals surface area contributed by atoms with Gasteiger partial charge in [-0.15, -0.1) is 0 Å². The molecule has 0 spiro atoms. The number of hydrogen-bond donors (Lipinski definition) is 0. The van der Waals surface area contributed by atoms with Crippen molar-refractivity contribution in [1.29, 1.82) is 0 Å². The summed E-state index contributed by atoms with van der Waals surface area (Å²) in [6.07, 6.45) is 0. The summed E-state index contributed by atoms with van der Waals surface area (Å²) in [4.78, 5) is 14.0. The predicted octanol–water partition coefficient (Wildman–Crippen LogP) is 4.23. The molecule has 0 aliphatic rings. The van der Waals surface area contributed by atoms with Gasteiger partial charge in [0.15, 0.2) is 0 Å². The van der Waals surface area contributed by atoms with Gasteiger partial charge in [0.05, 0.1) is 0 Å². The van der Waals surface area contributed by atoms with E-state index in [1.54, 1.807) is 14.2 Å². The van der Waals surface area contributed by atoms with Gasteiger partial charge < -0.3 is 145 Å². The molecule has 0 aliphatic carbocycles. The van der Waals surface area contributed by atoms with Gasteiger partial charge in [0.1, 0.15) is 0 Å². The summed E-state index contributed by atoms with van der Waals surface area (Å²) in [5, 5.41) is 0. The van der Waals surface area contributed by atoms with E-state index in [1.807, 2.05) is 0 Å². The van der Waals surface area contributed by atoms with Crippen LogP contribution in [-0.4, -0.2) is 36.1 Å². The van der Waals surface area contributed by atoms with Crippen molar-refractivity contribution in [2.75, 3.05) is 14.2 Å². The number of hydrogen-bond acceptors (Lipinski definition) is 3. The Hall–Kier alpha value is 2.26. The molecule has 11 heteroatoms. The van der Waals surface area contributed by atoms with Crippen LogP contribution in [0.25, 0.3) is 0 Å². The van der Waals surface area contributed by atoms with Gasteiger partial charge in [-0.1, -0.05) is 0 Å². The van der Waals surface area contributed by atoms with Crippen molar-refractivity contribution in [3.63, 3.8) is 0 Å². The molecule has 0 aromatic heterocycles. The summed E-state index contributed by atoms with van der Waals surface area (Å²) >= 11 is 0. The second kappa shape index (κ2) is 2440. The average molecular weight is 582 g/mol. The van der Waals surface area contributed by atoms with Crippen LogP contribution in [0.4, 0.5) is 0 Å². The maximum Gasteiger partial charge on any atom is 4.00 e. The Morgan fingerprint density at radius 2 is 0.310 bits per heavy atom. The molecule has 0 saturated carbocycles. The van der Waals surface area contributed by atoms with Gasteiger partial charge in [-0.3, -0.25) is 0 Å². The Bertz CT molecular complexity index is 42.2. The molecule has 0 saturated heterocycles. The first-order valence-corrected chi connectivity index (χ1v) is 0.983. The summed E-state index contributed by atoms with van der Waals surface area (Å²) < 4.78 is 4.25. The zero-order valence-electron chi connectivity index (χ0n) is 23.2. The molecule has 0 aliphatic heterocycles. The Kier molecular flexibility index (Phi) is 87200. The van der Waals surface area contributed by atoms with Crippen LogP contribution in [0.3, 0.4) is 0 Å². The van der Waals surface area contributed by atoms with E-state index < -0.39 is 0 Å².